The first-order chi connectivity index (χ1) is 8.45. The van der Waals surface area contributed by atoms with Crippen LogP contribution in [0.4, 0.5) is 10.1 Å². The number of hydrogen-bond donors (Lipinski definition) is 2. The quantitative estimate of drug-likeness (QED) is 0.804. The van der Waals surface area contributed by atoms with Crippen molar-refractivity contribution in [3.05, 3.63) is 24.0 Å². The molecule has 0 spiro atoms. The van der Waals surface area contributed by atoms with E-state index in [2.05, 4.69) is 5.32 Å². The first kappa shape index (κ1) is 14.4. The van der Waals surface area contributed by atoms with Gasteiger partial charge in [0, 0.05) is 11.8 Å². The molecule has 0 aromatic heterocycles. The molecule has 0 saturated carbocycles. The lowest BCUT2D eigenvalue weighted by Crippen LogP contribution is -2.30. The number of nitrogens with two attached hydrogens (primary N) is 1. The Hall–Kier alpha value is -1.69. The number of thiocarbonyl (C=S) groups is 1. The highest BCUT2D eigenvalue weighted by Gasteiger charge is 2.16. The van der Waals surface area contributed by atoms with E-state index in [4.69, 9.17) is 22.7 Å². The molecular formula is C12H15FN2O2S. The van der Waals surface area contributed by atoms with Crippen LogP contribution in [-0.2, 0) is 4.79 Å². The third-order valence-corrected chi connectivity index (χ3v) is 2.67. The molecule has 0 aliphatic rings. The van der Waals surface area contributed by atoms with Crippen LogP contribution in [0.5, 0.6) is 5.75 Å². The Bertz CT molecular complexity index is 465. The number of rotatable bonds is 5. The largest absolute Gasteiger partial charge is 0.491 e. The Labute approximate surface area is 110 Å². The number of nitrogens with one attached hydrogen (secondary N) is 1. The molecule has 0 aliphatic heterocycles. The second-order valence-corrected chi connectivity index (χ2v) is 4.16. The molecule has 1 atom stereocenters. The van der Waals surface area contributed by atoms with Crippen molar-refractivity contribution < 1.29 is 13.9 Å². The molecule has 0 heterocycles. The minimum atomic E-state index is -0.602. The van der Waals surface area contributed by atoms with Crippen LogP contribution in [0.1, 0.15) is 13.8 Å². The maximum Gasteiger partial charge on any atom is 0.234 e. The Morgan fingerprint density at radius 2 is 2.28 bits per heavy atom. The van der Waals surface area contributed by atoms with Crippen molar-refractivity contribution in [3.63, 3.8) is 0 Å². The molecule has 3 N–H and O–H groups in total. The third-order valence-electron chi connectivity index (χ3n) is 2.32. The molecule has 4 nitrogen and oxygen atoms in total. The van der Waals surface area contributed by atoms with E-state index >= 15 is 0 Å². The number of anilines is 1. The fourth-order valence-corrected chi connectivity index (χ4v) is 1.34. The molecule has 1 rings (SSSR count). The van der Waals surface area contributed by atoms with Crippen molar-refractivity contribution in [1.29, 1.82) is 0 Å². The molecule has 0 fully saturated rings. The van der Waals surface area contributed by atoms with E-state index in [1.807, 2.05) is 0 Å². The predicted octanol–water partition coefficient (Wildman–Crippen LogP) is 2.09. The summed E-state index contributed by atoms with van der Waals surface area (Å²) >= 11 is 4.71. The Morgan fingerprint density at radius 1 is 1.61 bits per heavy atom. The smallest absolute Gasteiger partial charge is 0.234 e. The number of halogens is 1. The molecule has 1 aromatic carbocycles. The molecule has 1 amide bonds. The van der Waals surface area contributed by atoms with Crippen LogP contribution in [0.25, 0.3) is 0 Å². The molecule has 98 valence electrons. The Balaban J connectivity index is 2.77. The summed E-state index contributed by atoms with van der Waals surface area (Å²) in [5, 5.41) is 2.53. The second-order valence-electron chi connectivity index (χ2n) is 3.69. The van der Waals surface area contributed by atoms with E-state index in [-0.39, 0.29) is 16.6 Å². The average molecular weight is 270 g/mol. The summed E-state index contributed by atoms with van der Waals surface area (Å²) in [6.45, 7) is 3.72. The maximum atomic E-state index is 13.5. The summed E-state index contributed by atoms with van der Waals surface area (Å²) in [5.41, 5.74) is 5.70. The van der Waals surface area contributed by atoms with Crippen LogP contribution < -0.4 is 15.8 Å². The molecule has 1 unspecified atom stereocenters. The summed E-state index contributed by atoms with van der Waals surface area (Å²) in [7, 11) is 0. The summed E-state index contributed by atoms with van der Waals surface area (Å²) in [5.74, 6) is -1.35. The number of carbonyl (C=O) groups excluding carboxylic acids is 1. The van der Waals surface area contributed by atoms with Crippen LogP contribution in [-0.4, -0.2) is 17.5 Å². The van der Waals surface area contributed by atoms with E-state index in [0.717, 1.165) is 0 Å². The van der Waals surface area contributed by atoms with Crippen molar-refractivity contribution >= 4 is 28.8 Å². The van der Waals surface area contributed by atoms with E-state index in [1.165, 1.54) is 12.1 Å². The van der Waals surface area contributed by atoms with E-state index < -0.39 is 11.7 Å². The van der Waals surface area contributed by atoms with E-state index in [9.17, 15) is 9.18 Å². The van der Waals surface area contributed by atoms with Gasteiger partial charge in [-0.05, 0) is 26.0 Å². The molecule has 6 heteroatoms. The fourth-order valence-electron chi connectivity index (χ4n) is 1.23. The number of benzene rings is 1. The van der Waals surface area contributed by atoms with Gasteiger partial charge in [0.2, 0.25) is 5.91 Å². The molecule has 0 aliphatic carbocycles. The van der Waals surface area contributed by atoms with Gasteiger partial charge in [-0.25, -0.2) is 4.39 Å². The highest BCUT2D eigenvalue weighted by molar-refractivity contribution is 7.80. The maximum absolute atomic E-state index is 13.5. The van der Waals surface area contributed by atoms with Gasteiger partial charge in [0.1, 0.15) is 0 Å². The molecule has 0 radical (unpaired) electrons. The van der Waals surface area contributed by atoms with Crippen molar-refractivity contribution in [2.24, 2.45) is 11.7 Å². The zero-order valence-corrected chi connectivity index (χ0v) is 11.0. The Kier molecular flexibility index (Phi) is 5.03. The monoisotopic (exact) mass is 270 g/mol. The van der Waals surface area contributed by atoms with Gasteiger partial charge in [0.25, 0.3) is 0 Å². The average Bonchev–Trinajstić information content (AvgIpc) is 2.31. The lowest BCUT2D eigenvalue weighted by Gasteiger charge is -2.11. The third kappa shape index (κ3) is 3.66. The van der Waals surface area contributed by atoms with Crippen molar-refractivity contribution in [3.8, 4) is 5.75 Å². The Morgan fingerprint density at radius 3 is 2.78 bits per heavy atom. The lowest BCUT2D eigenvalue weighted by atomic mass is 10.1. The topological polar surface area (TPSA) is 64.3 Å². The molecule has 18 heavy (non-hydrogen) atoms. The van der Waals surface area contributed by atoms with Gasteiger partial charge < -0.3 is 15.8 Å². The van der Waals surface area contributed by atoms with Gasteiger partial charge in [-0.15, -0.1) is 0 Å². The molecule has 0 saturated heterocycles. The van der Waals surface area contributed by atoms with E-state index in [1.54, 1.807) is 19.9 Å². The summed E-state index contributed by atoms with van der Waals surface area (Å²) in [6, 6.07) is 4.20. The van der Waals surface area contributed by atoms with Gasteiger partial charge in [-0.1, -0.05) is 12.2 Å². The van der Waals surface area contributed by atoms with Gasteiger partial charge in [0.05, 0.1) is 17.5 Å². The minimum Gasteiger partial charge on any atom is -0.491 e. The van der Waals surface area contributed by atoms with Crippen LogP contribution in [0, 0.1) is 11.7 Å². The molecule has 0 bridgehead atoms. The molecule has 1 aromatic rings. The summed E-state index contributed by atoms with van der Waals surface area (Å²) < 4.78 is 18.6. The number of amides is 1. The van der Waals surface area contributed by atoms with E-state index in [0.29, 0.717) is 12.3 Å². The van der Waals surface area contributed by atoms with Crippen molar-refractivity contribution in [1.82, 2.24) is 0 Å². The number of ether oxygens (including phenoxy) is 1. The van der Waals surface area contributed by atoms with Crippen LogP contribution >= 0.6 is 12.2 Å². The van der Waals surface area contributed by atoms with Gasteiger partial charge in [-0.2, -0.15) is 0 Å². The predicted molar refractivity (Wildman–Crippen MR) is 72.1 cm³/mol. The van der Waals surface area contributed by atoms with Gasteiger partial charge in [0.15, 0.2) is 11.6 Å². The van der Waals surface area contributed by atoms with Crippen LogP contribution in [0.2, 0.25) is 0 Å². The fraction of sp³-hybridized carbons (Fsp3) is 0.333. The molecular weight excluding hydrogens is 255 g/mol. The normalized spacial score (nSPS) is 11.7. The zero-order valence-electron chi connectivity index (χ0n) is 10.2. The summed E-state index contributed by atoms with van der Waals surface area (Å²) in [4.78, 5) is 11.7. The highest BCUT2D eigenvalue weighted by atomic mass is 32.1. The summed E-state index contributed by atoms with van der Waals surface area (Å²) in [6.07, 6.45) is 0. The number of hydrogen-bond acceptors (Lipinski definition) is 3. The van der Waals surface area contributed by atoms with Crippen LogP contribution in [0.15, 0.2) is 18.2 Å². The first-order valence-electron chi connectivity index (χ1n) is 5.48. The van der Waals surface area contributed by atoms with Crippen molar-refractivity contribution in [2.45, 2.75) is 13.8 Å². The standard InChI is InChI=1S/C12H15FN2O2S/c1-3-17-10-5-4-8(6-9(10)13)15-12(16)7(2)11(14)18/h4-7H,3H2,1-2H3,(H2,14,18)(H,15,16). The lowest BCUT2D eigenvalue weighted by molar-refractivity contribution is -0.117. The van der Waals surface area contributed by atoms with Gasteiger partial charge in [-0.3, -0.25) is 4.79 Å². The number of carbonyl (C=O) groups is 1. The first-order valence-corrected chi connectivity index (χ1v) is 5.89. The zero-order chi connectivity index (χ0) is 13.7. The minimum absolute atomic E-state index is 0.0962. The van der Waals surface area contributed by atoms with Crippen molar-refractivity contribution in [2.75, 3.05) is 11.9 Å². The highest BCUT2D eigenvalue weighted by Crippen LogP contribution is 2.21. The van der Waals surface area contributed by atoms with Crippen LogP contribution in [0.3, 0.4) is 0 Å². The SMILES string of the molecule is CCOc1ccc(NC(=O)C(C)C(N)=S)cc1F. The van der Waals surface area contributed by atoms with Gasteiger partial charge >= 0.3 is 0 Å². The second kappa shape index (κ2) is 6.30.